The van der Waals surface area contributed by atoms with Gasteiger partial charge in [-0.15, -0.1) is 0 Å². The third-order valence-electron chi connectivity index (χ3n) is 2.02. The highest BCUT2D eigenvalue weighted by molar-refractivity contribution is 9.10. The number of para-hydroxylation sites is 1. The number of allylic oxidation sites excluding steroid dienone is 1. The fourth-order valence-electron chi connectivity index (χ4n) is 1.32. The summed E-state index contributed by atoms with van der Waals surface area (Å²) in [5.74, 6) is 0.902. The molecule has 0 aliphatic carbocycles. The Hall–Kier alpha value is -0.800. The molecule has 0 atom stereocenters. The predicted molar refractivity (Wildman–Crippen MR) is 65.4 cm³/mol. The van der Waals surface area contributed by atoms with Crippen LogP contribution in [0.5, 0.6) is 5.75 Å². The lowest BCUT2D eigenvalue weighted by Crippen LogP contribution is -1.92. The molecule has 0 saturated heterocycles. The summed E-state index contributed by atoms with van der Waals surface area (Å²) in [5.41, 5.74) is 1.17. The first-order chi connectivity index (χ1) is 7.29. The third kappa shape index (κ3) is 3.68. The van der Waals surface area contributed by atoms with Crippen LogP contribution in [0, 0.1) is 0 Å². The van der Waals surface area contributed by atoms with E-state index in [2.05, 4.69) is 28.1 Å². The molecular weight excluding hydrogens is 256 g/mol. The molecule has 2 nitrogen and oxygen atoms in total. The first-order valence-electron chi connectivity index (χ1n) is 4.75. The molecule has 1 rings (SSSR count). The average molecular weight is 271 g/mol. The Morgan fingerprint density at radius 1 is 1.27 bits per heavy atom. The zero-order chi connectivity index (χ0) is 11.1. The van der Waals surface area contributed by atoms with Crippen LogP contribution in [0.3, 0.4) is 0 Å². The number of rotatable bonds is 5. The maximum atomic E-state index is 5.32. The van der Waals surface area contributed by atoms with Crippen molar-refractivity contribution in [1.29, 1.82) is 0 Å². The van der Waals surface area contributed by atoms with E-state index in [1.807, 2.05) is 18.2 Å². The summed E-state index contributed by atoms with van der Waals surface area (Å²) in [7, 11) is 3.37. The smallest absolute Gasteiger partial charge is 0.136 e. The molecule has 0 N–H and O–H groups in total. The standard InChI is InChI=1S/C12H15BrO2/c1-14-9-4-3-6-10-7-5-8-11(13)12(10)15-2/h3-5,7-8H,6,9H2,1-2H3. The van der Waals surface area contributed by atoms with Crippen molar-refractivity contribution in [2.45, 2.75) is 6.42 Å². The van der Waals surface area contributed by atoms with Gasteiger partial charge in [-0.3, -0.25) is 0 Å². The van der Waals surface area contributed by atoms with Gasteiger partial charge in [-0.2, -0.15) is 0 Å². The highest BCUT2D eigenvalue weighted by Gasteiger charge is 2.04. The van der Waals surface area contributed by atoms with Gasteiger partial charge in [0.25, 0.3) is 0 Å². The van der Waals surface area contributed by atoms with Gasteiger partial charge in [0.1, 0.15) is 5.75 Å². The molecule has 0 saturated carbocycles. The third-order valence-corrected chi connectivity index (χ3v) is 2.64. The summed E-state index contributed by atoms with van der Waals surface area (Å²) in [4.78, 5) is 0. The minimum atomic E-state index is 0.649. The highest BCUT2D eigenvalue weighted by Crippen LogP contribution is 2.28. The molecule has 1 aromatic carbocycles. The quantitative estimate of drug-likeness (QED) is 0.766. The Kier molecular flexibility index (Phi) is 5.43. The minimum Gasteiger partial charge on any atom is -0.495 e. The summed E-state index contributed by atoms with van der Waals surface area (Å²) in [6, 6.07) is 6.04. The van der Waals surface area contributed by atoms with Gasteiger partial charge >= 0.3 is 0 Å². The molecule has 15 heavy (non-hydrogen) atoms. The van der Waals surface area contributed by atoms with Crippen LogP contribution in [0.4, 0.5) is 0 Å². The molecule has 0 amide bonds. The van der Waals surface area contributed by atoms with E-state index in [-0.39, 0.29) is 0 Å². The van der Waals surface area contributed by atoms with Crippen LogP contribution in [0.1, 0.15) is 5.56 Å². The number of benzene rings is 1. The topological polar surface area (TPSA) is 18.5 Å². The lowest BCUT2D eigenvalue weighted by Gasteiger charge is -2.08. The van der Waals surface area contributed by atoms with Gasteiger partial charge in [0.15, 0.2) is 0 Å². The Morgan fingerprint density at radius 2 is 2.07 bits per heavy atom. The summed E-state index contributed by atoms with van der Waals surface area (Å²) in [6.45, 7) is 0.649. The molecule has 0 aliphatic rings. The van der Waals surface area contributed by atoms with Gasteiger partial charge in [-0.1, -0.05) is 24.3 Å². The lowest BCUT2D eigenvalue weighted by atomic mass is 10.1. The van der Waals surface area contributed by atoms with E-state index >= 15 is 0 Å². The Labute approximate surface area is 99.0 Å². The Balaban J connectivity index is 2.72. The molecule has 0 spiro atoms. The van der Waals surface area contributed by atoms with Crippen molar-refractivity contribution in [2.24, 2.45) is 0 Å². The maximum Gasteiger partial charge on any atom is 0.136 e. The second-order valence-electron chi connectivity index (χ2n) is 3.06. The van der Waals surface area contributed by atoms with Crippen LogP contribution in [0.15, 0.2) is 34.8 Å². The molecule has 1 aromatic rings. The molecule has 0 heterocycles. The number of hydrogen-bond acceptors (Lipinski definition) is 2. The molecule has 0 fully saturated rings. The first-order valence-corrected chi connectivity index (χ1v) is 5.54. The van der Waals surface area contributed by atoms with Crippen LogP contribution in [-0.2, 0) is 11.2 Å². The number of halogens is 1. The van der Waals surface area contributed by atoms with E-state index in [0.29, 0.717) is 6.61 Å². The molecule has 0 unspecified atom stereocenters. The van der Waals surface area contributed by atoms with Gasteiger partial charge in [0, 0.05) is 7.11 Å². The summed E-state index contributed by atoms with van der Waals surface area (Å²) >= 11 is 3.46. The summed E-state index contributed by atoms with van der Waals surface area (Å²) < 4.78 is 11.2. The van der Waals surface area contributed by atoms with Crippen LogP contribution in [-0.4, -0.2) is 20.8 Å². The summed E-state index contributed by atoms with van der Waals surface area (Å²) in [5, 5.41) is 0. The fourth-order valence-corrected chi connectivity index (χ4v) is 1.89. The van der Waals surface area contributed by atoms with Crippen LogP contribution < -0.4 is 4.74 Å². The highest BCUT2D eigenvalue weighted by atomic mass is 79.9. The van der Waals surface area contributed by atoms with Crippen molar-refractivity contribution in [3.63, 3.8) is 0 Å². The van der Waals surface area contributed by atoms with Crippen molar-refractivity contribution in [2.75, 3.05) is 20.8 Å². The van der Waals surface area contributed by atoms with Gasteiger partial charge in [-0.05, 0) is 34.0 Å². The Bertz CT molecular complexity index is 334. The first kappa shape index (κ1) is 12.3. The fraction of sp³-hybridized carbons (Fsp3) is 0.333. The molecular formula is C12H15BrO2. The average Bonchev–Trinajstić information content (AvgIpc) is 2.24. The zero-order valence-corrected chi connectivity index (χ0v) is 10.6. The van der Waals surface area contributed by atoms with Crippen molar-refractivity contribution in [3.8, 4) is 5.75 Å². The normalized spacial score (nSPS) is 10.9. The predicted octanol–water partition coefficient (Wildman–Crippen LogP) is 3.20. The van der Waals surface area contributed by atoms with E-state index in [4.69, 9.17) is 9.47 Å². The van der Waals surface area contributed by atoms with Crippen molar-refractivity contribution in [3.05, 3.63) is 40.4 Å². The number of ether oxygens (including phenoxy) is 2. The van der Waals surface area contributed by atoms with E-state index < -0.39 is 0 Å². The van der Waals surface area contributed by atoms with Crippen LogP contribution in [0.2, 0.25) is 0 Å². The van der Waals surface area contributed by atoms with E-state index in [1.165, 1.54) is 5.56 Å². The molecule has 0 bridgehead atoms. The maximum absolute atomic E-state index is 5.32. The van der Waals surface area contributed by atoms with Gasteiger partial charge in [-0.25, -0.2) is 0 Å². The van der Waals surface area contributed by atoms with Gasteiger partial charge in [0.2, 0.25) is 0 Å². The number of hydrogen-bond donors (Lipinski definition) is 0. The van der Waals surface area contributed by atoms with Gasteiger partial charge < -0.3 is 9.47 Å². The summed E-state index contributed by atoms with van der Waals surface area (Å²) in [6.07, 6.45) is 4.93. The Morgan fingerprint density at radius 3 is 2.73 bits per heavy atom. The van der Waals surface area contributed by atoms with E-state index in [0.717, 1.165) is 16.6 Å². The molecule has 0 aliphatic heterocycles. The molecule has 0 aromatic heterocycles. The van der Waals surface area contributed by atoms with Crippen LogP contribution >= 0.6 is 15.9 Å². The largest absolute Gasteiger partial charge is 0.495 e. The molecule has 3 heteroatoms. The minimum absolute atomic E-state index is 0.649. The zero-order valence-electron chi connectivity index (χ0n) is 9.00. The van der Waals surface area contributed by atoms with E-state index in [1.54, 1.807) is 14.2 Å². The second-order valence-corrected chi connectivity index (χ2v) is 3.92. The SMILES string of the molecule is COCC=CCc1cccc(Br)c1OC. The van der Waals surface area contributed by atoms with Crippen molar-refractivity contribution < 1.29 is 9.47 Å². The second kappa shape index (κ2) is 6.64. The van der Waals surface area contributed by atoms with E-state index in [9.17, 15) is 0 Å². The van der Waals surface area contributed by atoms with Crippen molar-refractivity contribution >= 4 is 15.9 Å². The number of methoxy groups -OCH3 is 2. The monoisotopic (exact) mass is 270 g/mol. The molecule has 0 radical (unpaired) electrons. The van der Waals surface area contributed by atoms with Gasteiger partial charge in [0.05, 0.1) is 18.2 Å². The van der Waals surface area contributed by atoms with Crippen molar-refractivity contribution in [1.82, 2.24) is 0 Å². The molecule has 82 valence electrons. The lowest BCUT2D eigenvalue weighted by molar-refractivity contribution is 0.233. The van der Waals surface area contributed by atoms with Crippen LogP contribution in [0.25, 0.3) is 0 Å².